The van der Waals surface area contributed by atoms with Crippen LogP contribution in [0.3, 0.4) is 0 Å². The minimum absolute atomic E-state index is 0.0929. The van der Waals surface area contributed by atoms with Crippen LogP contribution in [0.25, 0.3) is 11.0 Å². The average Bonchev–Trinajstić information content (AvgIpc) is 3.03. The average molecular weight is 395 g/mol. The summed E-state index contributed by atoms with van der Waals surface area (Å²) in [5.41, 5.74) is 3.66. The molecular formula is C21H22N4O2S. The highest BCUT2D eigenvalue weighted by Crippen LogP contribution is 2.23. The van der Waals surface area contributed by atoms with Gasteiger partial charge in [0, 0.05) is 17.9 Å². The van der Waals surface area contributed by atoms with Gasteiger partial charge in [0.05, 0.1) is 11.0 Å². The number of rotatable bonds is 5. The highest BCUT2D eigenvalue weighted by molar-refractivity contribution is 7.98. The summed E-state index contributed by atoms with van der Waals surface area (Å²) in [6.07, 6.45) is 2.57. The van der Waals surface area contributed by atoms with E-state index in [1.807, 2.05) is 36.4 Å². The number of hydrogen-bond acceptors (Lipinski definition) is 4. The number of fused-ring (bicyclic) bond motifs is 1. The van der Waals surface area contributed by atoms with Crippen molar-refractivity contribution in [1.82, 2.24) is 20.6 Å². The molecule has 0 spiro atoms. The highest BCUT2D eigenvalue weighted by atomic mass is 32.2. The number of thioether (sulfide) groups is 1. The van der Waals surface area contributed by atoms with Crippen molar-refractivity contribution >= 4 is 34.6 Å². The highest BCUT2D eigenvalue weighted by Gasteiger charge is 2.22. The lowest BCUT2D eigenvalue weighted by atomic mass is 10.1. The molecule has 4 rings (SSSR count). The molecule has 1 saturated heterocycles. The predicted molar refractivity (Wildman–Crippen MR) is 110 cm³/mol. The van der Waals surface area contributed by atoms with Crippen LogP contribution in [0.15, 0.2) is 53.7 Å². The van der Waals surface area contributed by atoms with Crippen LogP contribution < -0.4 is 10.6 Å². The number of carbonyl (C=O) groups is 2. The van der Waals surface area contributed by atoms with Gasteiger partial charge in [0.1, 0.15) is 6.04 Å². The lowest BCUT2D eigenvalue weighted by molar-refractivity contribution is -0.122. The Kier molecular flexibility index (Phi) is 5.62. The molecule has 0 unspecified atom stereocenters. The van der Waals surface area contributed by atoms with Crippen molar-refractivity contribution in [1.29, 1.82) is 0 Å². The van der Waals surface area contributed by atoms with E-state index in [4.69, 9.17) is 0 Å². The van der Waals surface area contributed by atoms with Crippen molar-refractivity contribution in [2.24, 2.45) is 0 Å². The second kappa shape index (κ2) is 8.48. The van der Waals surface area contributed by atoms with E-state index in [1.165, 1.54) is 0 Å². The van der Waals surface area contributed by atoms with Crippen LogP contribution in [0.4, 0.5) is 0 Å². The number of carbonyl (C=O) groups excluding carboxylic acids is 2. The number of aromatic amines is 1. The quantitative estimate of drug-likeness (QED) is 0.580. The molecule has 3 aromatic rings. The summed E-state index contributed by atoms with van der Waals surface area (Å²) >= 11 is 1.62. The molecule has 1 fully saturated rings. The van der Waals surface area contributed by atoms with Gasteiger partial charge >= 0.3 is 0 Å². The molecule has 2 aromatic carbocycles. The second-order valence-corrected chi connectivity index (χ2v) is 7.82. The van der Waals surface area contributed by atoms with Crippen LogP contribution in [0, 0.1) is 0 Å². The number of amides is 2. The first-order valence-electron chi connectivity index (χ1n) is 9.44. The Hall–Kier alpha value is -2.80. The van der Waals surface area contributed by atoms with Crippen molar-refractivity contribution in [3.63, 3.8) is 0 Å². The van der Waals surface area contributed by atoms with Crippen molar-refractivity contribution < 1.29 is 9.59 Å². The Balaban J connectivity index is 1.35. The monoisotopic (exact) mass is 394 g/mol. The van der Waals surface area contributed by atoms with Gasteiger partial charge < -0.3 is 15.6 Å². The molecule has 6 nitrogen and oxygen atoms in total. The van der Waals surface area contributed by atoms with Gasteiger partial charge in [-0.1, -0.05) is 36.0 Å². The third-order valence-corrected chi connectivity index (χ3v) is 5.74. The molecule has 144 valence electrons. The van der Waals surface area contributed by atoms with Crippen LogP contribution in [0.2, 0.25) is 0 Å². The zero-order valence-electron chi connectivity index (χ0n) is 15.4. The number of H-pyrrole nitrogens is 1. The van der Waals surface area contributed by atoms with E-state index in [9.17, 15) is 9.59 Å². The van der Waals surface area contributed by atoms with E-state index < -0.39 is 6.04 Å². The van der Waals surface area contributed by atoms with Crippen LogP contribution in [0.1, 0.15) is 35.2 Å². The van der Waals surface area contributed by atoms with Gasteiger partial charge in [0.25, 0.3) is 5.91 Å². The Morgan fingerprint density at radius 3 is 2.79 bits per heavy atom. The van der Waals surface area contributed by atoms with Gasteiger partial charge in [-0.05, 0) is 49.1 Å². The van der Waals surface area contributed by atoms with Gasteiger partial charge in [0.15, 0.2) is 5.16 Å². The van der Waals surface area contributed by atoms with Crippen LogP contribution in [-0.4, -0.2) is 34.4 Å². The molecule has 0 aliphatic carbocycles. The van der Waals surface area contributed by atoms with Crippen LogP contribution in [0.5, 0.6) is 0 Å². The molecule has 2 amide bonds. The molecule has 2 heterocycles. The first-order chi connectivity index (χ1) is 13.7. The maximum Gasteiger partial charge on any atom is 0.251 e. The predicted octanol–water partition coefficient (Wildman–Crippen LogP) is 3.25. The SMILES string of the molecule is O=C(N[C@H]1CCCCNC1=O)c1ccc(CSc2nc3ccccc3[nH]2)cc1. The molecule has 7 heteroatoms. The molecular weight excluding hydrogens is 372 g/mol. The molecule has 0 radical (unpaired) electrons. The second-order valence-electron chi connectivity index (χ2n) is 6.86. The molecule has 28 heavy (non-hydrogen) atoms. The largest absolute Gasteiger partial charge is 0.354 e. The minimum atomic E-state index is -0.446. The molecule has 1 aliphatic rings. The summed E-state index contributed by atoms with van der Waals surface area (Å²) in [7, 11) is 0. The fraction of sp³-hybridized carbons (Fsp3) is 0.286. The summed E-state index contributed by atoms with van der Waals surface area (Å²) in [5.74, 6) is 0.454. The number of nitrogens with zero attached hydrogens (tertiary/aromatic N) is 1. The normalized spacial score (nSPS) is 17.1. The lowest BCUT2D eigenvalue weighted by Crippen LogP contribution is -2.45. The van der Waals surface area contributed by atoms with Crippen LogP contribution >= 0.6 is 11.8 Å². The Labute approximate surface area is 167 Å². The molecule has 3 N–H and O–H groups in total. The van der Waals surface area contributed by atoms with Crippen molar-refractivity contribution in [3.8, 4) is 0 Å². The van der Waals surface area contributed by atoms with Crippen molar-refractivity contribution in [2.45, 2.75) is 36.2 Å². The Morgan fingerprint density at radius 2 is 1.96 bits per heavy atom. The van der Waals surface area contributed by atoms with E-state index in [1.54, 1.807) is 23.9 Å². The Morgan fingerprint density at radius 1 is 1.14 bits per heavy atom. The van der Waals surface area contributed by atoms with Gasteiger partial charge in [-0.3, -0.25) is 9.59 Å². The van der Waals surface area contributed by atoms with E-state index in [0.29, 0.717) is 18.5 Å². The molecule has 0 saturated carbocycles. The first kappa shape index (κ1) is 18.6. The zero-order chi connectivity index (χ0) is 19.3. The maximum absolute atomic E-state index is 12.4. The van der Waals surface area contributed by atoms with Crippen molar-refractivity contribution in [2.75, 3.05) is 6.54 Å². The summed E-state index contributed by atoms with van der Waals surface area (Å²) in [6, 6.07) is 15.0. The molecule has 0 bridgehead atoms. The molecule has 1 aromatic heterocycles. The van der Waals surface area contributed by atoms with E-state index in [0.717, 1.165) is 40.3 Å². The van der Waals surface area contributed by atoms with Gasteiger partial charge in [-0.2, -0.15) is 0 Å². The number of aromatic nitrogens is 2. The first-order valence-corrected chi connectivity index (χ1v) is 10.4. The van der Waals surface area contributed by atoms with E-state index in [-0.39, 0.29) is 11.8 Å². The van der Waals surface area contributed by atoms with Gasteiger partial charge in [0.2, 0.25) is 5.91 Å². The van der Waals surface area contributed by atoms with Crippen molar-refractivity contribution in [3.05, 3.63) is 59.7 Å². The molecule has 1 atom stereocenters. The fourth-order valence-corrected chi connectivity index (χ4v) is 4.06. The van der Waals surface area contributed by atoms with Gasteiger partial charge in [-0.25, -0.2) is 4.98 Å². The summed E-state index contributed by atoms with van der Waals surface area (Å²) in [4.78, 5) is 32.3. The maximum atomic E-state index is 12.4. The third-order valence-electron chi connectivity index (χ3n) is 4.80. The van der Waals surface area contributed by atoms with E-state index >= 15 is 0 Å². The van der Waals surface area contributed by atoms with Gasteiger partial charge in [-0.15, -0.1) is 0 Å². The number of hydrogen-bond donors (Lipinski definition) is 3. The number of benzene rings is 2. The Bertz CT molecular complexity index is 950. The summed E-state index contributed by atoms with van der Waals surface area (Å²) < 4.78 is 0. The van der Waals surface area contributed by atoms with E-state index in [2.05, 4.69) is 20.6 Å². The summed E-state index contributed by atoms with van der Waals surface area (Å²) in [5, 5.41) is 6.56. The summed E-state index contributed by atoms with van der Waals surface area (Å²) in [6.45, 7) is 0.683. The smallest absolute Gasteiger partial charge is 0.251 e. The lowest BCUT2D eigenvalue weighted by Gasteiger charge is -2.15. The topological polar surface area (TPSA) is 86.9 Å². The standard InChI is InChI=1S/C21H22N4O2S/c26-19(23-18-7-3-4-12-22-20(18)27)15-10-8-14(9-11-15)13-28-21-24-16-5-1-2-6-17(16)25-21/h1-2,5-6,8-11,18H,3-4,7,12-13H2,(H,22,27)(H,23,26)(H,24,25)/t18-/m0/s1. The molecule has 1 aliphatic heterocycles. The zero-order valence-corrected chi connectivity index (χ0v) is 16.2. The fourth-order valence-electron chi connectivity index (χ4n) is 3.22. The number of para-hydroxylation sites is 2. The third kappa shape index (κ3) is 4.36. The number of imidazole rings is 1. The number of nitrogens with one attached hydrogen (secondary N) is 3. The van der Waals surface area contributed by atoms with Crippen LogP contribution in [-0.2, 0) is 10.5 Å². The minimum Gasteiger partial charge on any atom is -0.354 e.